The SMILES string of the molecule is CCNC(=NCc1ccc(F)cc1)NCC(O)c1ccc(F)cc1. The summed E-state index contributed by atoms with van der Waals surface area (Å²) in [4.78, 5) is 4.39. The predicted octanol–water partition coefficient (Wildman–Crippen LogP) is 2.75. The van der Waals surface area contributed by atoms with Crippen molar-refractivity contribution < 1.29 is 13.9 Å². The standard InChI is InChI=1S/C18H21F2N3O/c1-2-21-18(22-11-13-3-7-15(19)8-4-13)23-12-17(24)14-5-9-16(20)10-6-14/h3-10,17,24H,2,11-12H2,1H3,(H2,21,22,23). The Bertz CT molecular complexity index is 657. The van der Waals surface area contributed by atoms with Crippen molar-refractivity contribution in [2.75, 3.05) is 13.1 Å². The normalized spacial score (nSPS) is 12.8. The Morgan fingerprint density at radius 2 is 1.58 bits per heavy atom. The lowest BCUT2D eigenvalue weighted by atomic mass is 10.1. The fourth-order valence-electron chi connectivity index (χ4n) is 2.10. The third-order valence-corrected chi connectivity index (χ3v) is 3.39. The van der Waals surface area contributed by atoms with Crippen molar-refractivity contribution in [1.29, 1.82) is 0 Å². The van der Waals surface area contributed by atoms with Crippen LogP contribution < -0.4 is 10.6 Å². The average molecular weight is 333 g/mol. The molecule has 0 fully saturated rings. The van der Waals surface area contributed by atoms with Crippen LogP contribution in [0.5, 0.6) is 0 Å². The number of aliphatic hydroxyl groups excluding tert-OH is 1. The molecular formula is C18H21F2N3O. The first-order valence-corrected chi connectivity index (χ1v) is 7.78. The molecule has 0 aliphatic heterocycles. The van der Waals surface area contributed by atoms with Gasteiger partial charge in [-0.15, -0.1) is 0 Å². The van der Waals surface area contributed by atoms with Gasteiger partial charge in [-0.05, 0) is 42.3 Å². The molecule has 3 N–H and O–H groups in total. The van der Waals surface area contributed by atoms with Crippen LogP contribution in [-0.2, 0) is 6.54 Å². The fraction of sp³-hybridized carbons (Fsp3) is 0.278. The largest absolute Gasteiger partial charge is 0.387 e. The van der Waals surface area contributed by atoms with Gasteiger partial charge in [0.1, 0.15) is 11.6 Å². The molecule has 0 spiro atoms. The Labute approximate surface area is 140 Å². The van der Waals surface area contributed by atoms with Gasteiger partial charge in [-0.1, -0.05) is 24.3 Å². The second-order valence-corrected chi connectivity index (χ2v) is 5.27. The van der Waals surface area contributed by atoms with E-state index in [0.29, 0.717) is 24.6 Å². The molecule has 0 aliphatic carbocycles. The van der Waals surface area contributed by atoms with Crippen molar-refractivity contribution in [3.05, 3.63) is 71.3 Å². The molecule has 0 bridgehead atoms. The topological polar surface area (TPSA) is 56.7 Å². The summed E-state index contributed by atoms with van der Waals surface area (Å²) in [6, 6.07) is 11.9. The van der Waals surface area contributed by atoms with Crippen molar-refractivity contribution in [2.24, 2.45) is 4.99 Å². The molecule has 2 aromatic carbocycles. The summed E-state index contributed by atoms with van der Waals surface area (Å²) in [5, 5.41) is 16.2. The molecule has 0 aromatic heterocycles. The van der Waals surface area contributed by atoms with Gasteiger partial charge in [-0.2, -0.15) is 0 Å². The van der Waals surface area contributed by atoms with Crippen LogP contribution in [0, 0.1) is 11.6 Å². The van der Waals surface area contributed by atoms with Crippen molar-refractivity contribution in [3.8, 4) is 0 Å². The van der Waals surface area contributed by atoms with Gasteiger partial charge in [0.15, 0.2) is 5.96 Å². The summed E-state index contributed by atoms with van der Waals surface area (Å²) in [5.74, 6) is -0.0775. The molecule has 2 aromatic rings. The number of rotatable bonds is 6. The first kappa shape index (κ1) is 17.9. The predicted molar refractivity (Wildman–Crippen MR) is 90.6 cm³/mol. The van der Waals surface area contributed by atoms with E-state index in [-0.39, 0.29) is 18.2 Å². The summed E-state index contributed by atoms with van der Waals surface area (Å²) in [6.45, 7) is 3.23. The number of hydrogen-bond donors (Lipinski definition) is 3. The van der Waals surface area contributed by atoms with E-state index >= 15 is 0 Å². The lowest BCUT2D eigenvalue weighted by Crippen LogP contribution is -2.39. The van der Waals surface area contributed by atoms with Crippen LogP contribution in [0.3, 0.4) is 0 Å². The highest BCUT2D eigenvalue weighted by atomic mass is 19.1. The lowest BCUT2D eigenvalue weighted by molar-refractivity contribution is 0.180. The minimum absolute atomic E-state index is 0.237. The quantitative estimate of drug-likeness (QED) is 0.563. The third-order valence-electron chi connectivity index (χ3n) is 3.39. The van der Waals surface area contributed by atoms with Crippen LogP contribution in [0.1, 0.15) is 24.2 Å². The van der Waals surface area contributed by atoms with Crippen molar-refractivity contribution in [1.82, 2.24) is 10.6 Å². The highest BCUT2D eigenvalue weighted by molar-refractivity contribution is 5.79. The Kier molecular flexibility index (Phi) is 6.69. The van der Waals surface area contributed by atoms with Crippen LogP contribution in [0.2, 0.25) is 0 Å². The number of nitrogens with one attached hydrogen (secondary N) is 2. The summed E-state index contributed by atoms with van der Waals surface area (Å²) in [6.07, 6.45) is -0.778. The zero-order valence-electron chi connectivity index (χ0n) is 13.5. The van der Waals surface area contributed by atoms with Crippen molar-refractivity contribution in [3.63, 3.8) is 0 Å². The third kappa shape index (κ3) is 5.62. The van der Waals surface area contributed by atoms with Gasteiger partial charge in [0.05, 0.1) is 12.6 Å². The maximum atomic E-state index is 12.9. The zero-order chi connectivity index (χ0) is 17.4. The van der Waals surface area contributed by atoms with E-state index in [1.807, 2.05) is 6.92 Å². The number of guanidine groups is 1. The van der Waals surface area contributed by atoms with Crippen LogP contribution in [0.25, 0.3) is 0 Å². The highest BCUT2D eigenvalue weighted by Gasteiger charge is 2.08. The van der Waals surface area contributed by atoms with Crippen LogP contribution in [-0.4, -0.2) is 24.2 Å². The maximum absolute atomic E-state index is 12.9. The zero-order valence-corrected chi connectivity index (χ0v) is 13.5. The average Bonchev–Trinajstić information content (AvgIpc) is 2.59. The molecule has 1 atom stereocenters. The monoisotopic (exact) mass is 333 g/mol. The van der Waals surface area contributed by atoms with Crippen LogP contribution in [0.4, 0.5) is 8.78 Å². The smallest absolute Gasteiger partial charge is 0.191 e. The Morgan fingerprint density at radius 3 is 2.17 bits per heavy atom. The van der Waals surface area contributed by atoms with E-state index in [1.165, 1.54) is 24.3 Å². The molecule has 0 heterocycles. The number of aliphatic hydroxyl groups is 1. The van der Waals surface area contributed by atoms with E-state index < -0.39 is 6.10 Å². The molecule has 0 saturated heterocycles. The molecule has 4 nitrogen and oxygen atoms in total. The Morgan fingerprint density at radius 1 is 1.00 bits per heavy atom. The summed E-state index contributed by atoms with van der Waals surface area (Å²) >= 11 is 0. The lowest BCUT2D eigenvalue weighted by Gasteiger charge is -2.15. The van der Waals surface area contributed by atoms with E-state index in [0.717, 1.165) is 5.56 Å². The van der Waals surface area contributed by atoms with Gasteiger partial charge in [0, 0.05) is 13.1 Å². The second-order valence-electron chi connectivity index (χ2n) is 5.27. The number of benzene rings is 2. The van der Waals surface area contributed by atoms with E-state index in [2.05, 4.69) is 15.6 Å². The van der Waals surface area contributed by atoms with Gasteiger partial charge in [-0.25, -0.2) is 13.8 Å². The molecule has 24 heavy (non-hydrogen) atoms. The molecular weight excluding hydrogens is 312 g/mol. The maximum Gasteiger partial charge on any atom is 0.191 e. The molecule has 128 valence electrons. The minimum atomic E-state index is -0.778. The molecule has 0 amide bonds. The summed E-state index contributed by atoms with van der Waals surface area (Å²) in [5.41, 5.74) is 1.51. The summed E-state index contributed by atoms with van der Waals surface area (Å²) < 4.78 is 25.8. The molecule has 0 radical (unpaired) electrons. The Balaban J connectivity index is 1.93. The first-order valence-electron chi connectivity index (χ1n) is 7.78. The molecule has 0 aliphatic rings. The second kappa shape index (κ2) is 8.98. The molecule has 0 saturated carbocycles. The van der Waals surface area contributed by atoms with Crippen molar-refractivity contribution >= 4 is 5.96 Å². The van der Waals surface area contributed by atoms with Gasteiger partial charge in [0.25, 0.3) is 0 Å². The van der Waals surface area contributed by atoms with E-state index in [9.17, 15) is 13.9 Å². The van der Waals surface area contributed by atoms with Gasteiger partial charge < -0.3 is 15.7 Å². The van der Waals surface area contributed by atoms with Gasteiger partial charge >= 0.3 is 0 Å². The Hall–Kier alpha value is -2.47. The van der Waals surface area contributed by atoms with Crippen molar-refractivity contribution in [2.45, 2.75) is 19.6 Å². The van der Waals surface area contributed by atoms with Crippen LogP contribution in [0.15, 0.2) is 53.5 Å². The number of hydrogen-bond acceptors (Lipinski definition) is 2. The fourth-order valence-corrected chi connectivity index (χ4v) is 2.10. The van der Waals surface area contributed by atoms with E-state index in [1.54, 1.807) is 24.3 Å². The number of halogens is 2. The highest BCUT2D eigenvalue weighted by Crippen LogP contribution is 2.12. The van der Waals surface area contributed by atoms with Crippen LogP contribution >= 0.6 is 0 Å². The van der Waals surface area contributed by atoms with E-state index in [4.69, 9.17) is 0 Å². The molecule has 6 heteroatoms. The molecule has 1 unspecified atom stereocenters. The number of nitrogens with zero attached hydrogens (tertiary/aromatic N) is 1. The minimum Gasteiger partial charge on any atom is -0.387 e. The van der Waals surface area contributed by atoms with Gasteiger partial charge in [-0.3, -0.25) is 0 Å². The number of aliphatic imine (C=N–C) groups is 1. The first-order chi connectivity index (χ1) is 11.6. The van der Waals surface area contributed by atoms with Gasteiger partial charge in [0.2, 0.25) is 0 Å². The molecule has 2 rings (SSSR count). The summed E-state index contributed by atoms with van der Waals surface area (Å²) in [7, 11) is 0.